The van der Waals surface area contributed by atoms with Crippen LogP contribution in [0.5, 0.6) is 11.5 Å². The molecule has 0 aromatic heterocycles. The molecule has 6 nitrogen and oxygen atoms in total. The van der Waals surface area contributed by atoms with Crippen molar-refractivity contribution < 1.29 is 19.1 Å². The van der Waals surface area contributed by atoms with E-state index >= 15 is 0 Å². The fourth-order valence-electron chi connectivity index (χ4n) is 2.93. The van der Waals surface area contributed by atoms with Crippen LogP contribution in [0.15, 0.2) is 48.5 Å². The quantitative estimate of drug-likeness (QED) is 0.667. The van der Waals surface area contributed by atoms with Gasteiger partial charge in [-0.25, -0.2) is 0 Å². The molecule has 2 rings (SSSR count). The first-order valence-electron chi connectivity index (χ1n) is 9.81. The first-order valence-corrected chi connectivity index (χ1v) is 9.81. The van der Waals surface area contributed by atoms with Gasteiger partial charge in [0.1, 0.15) is 17.5 Å². The Morgan fingerprint density at radius 2 is 1.45 bits per heavy atom. The number of hydrogen-bond donors (Lipinski definition) is 1. The number of benzene rings is 2. The number of carbonyl (C=O) groups is 2. The number of methoxy groups -OCH3 is 2. The van der Waals surface area contributed by atoms with Crippen LogP contribution in [0, 0.1) is 0 Å². The first-order chi connectivity index (χ1) is 14.0. The third kappa shape index (κ3) is 6.52. The van der Waals surface area contributed by atoms with E-state index in [2.05, 4.69) is 5.32 Å². The Kier molecular flexibility index (Phi) is 8.52. The van der Waals surface area contributed by atoms with Crippen LogP contribution in [-0.4, -0.2) is 43.5 Å². The summed E-state index contributed by atoms with van der Waals surface area (Å²) in [5.41, 5.74) is 1.81. The van der Waals surface area contributed by atoms with Crippen LogP contribution in [0.2, 0.25) is 0 Å². The molecule has 2 aromatic carbocycles. The molecule has 1 N–H and O–H groups in total. The summed E-state index contributed by atoms with van der Waals surface area (Å²) in [4.78, 5) is 27.3. The minimum atomic E-state index is -0.575. The topological polar surface area (TPSA) is 67.9 Å². The van der Waals surface area contributed by atoms with Gasteiger partial charge in [-0.2, -0.15) is 0 Å². The van der Waals surface area contributed by atoms with E-state index in [1.165, 1.54) is 0 Å². The molecular formula is C23H30N2O4. The summed E-state index contributed by atoms with van der Waals surface area (Å²) in [7, 11) is 3.22. The smallest absolute Gasteiger partial charge is 0.242 e. The van der Waals surface area contributed by atoms with Crippen molar-refractivity contribution in [3.63, 3.8) is 0 Å². The van der Waals surface area contributed by atoms with E-state index in [4.69, 9.17) is 9.47 Å². The Morgan fingerprint density at radius 3 is 1.93 bits per heavy atom. The molecule has 0 heterocycles. The molecular weight excluding hydrogens is 368 g/mol. The van der Waals surface area contributed by atoms with Gasteiger partial charge in [-0.05, 0) is 48.7 Å². The highest BCUT2D eigenvalue weighted by Gasteiger charge is 2.26. The highest BCUT2D eigenvalue weighted by Crippen LogP contribution is 2.17. The molecule has 0 radical (unpaired) electrons. The maximum absolute atomic E-state index is 13.1. The molecule has 1 atom stereocenters. The molecule has 2 aromatic rings. The number of amides is 2. The zero-order valence-electron chi connectivity index (χ0n) is 17.6. The summed E-state index contributed by atoms with van der Waals surface area (Å²) in [6.07, 6.45) is 1.06. The zero-order chi connectivity index (χ0) is 21.2. The van der Waals surface area contributed by atoms with Crippen molar-refractivity contribution in [1.29, 1.82) is 0 Å². The largest absolute Gasteiger partial charge is 0.497 e. The highest BCUT2D eigenvalue weighted by molar-refractivity contribution is 5.88. The maximum atomic E-state index is 13.1. The summed E-state index contributed by atoms with van der Waals surface area (Å²) in [6, 6.07) is 14.3. The molecule has 0 aliphatic carbocycles. The molecule has 0 saturated carbocycles. The monoisotopic (exact) mass is 398 g/mol. The van der Waals surface area contributed by atoms with Gasteiger partial charge in [-0.15, -0.1) is 0 Å². The molecule has 0 unspecified atom stereocenters. The van der Waals surface area contributed by atoms with E-state index in [0.717, 1.165) is 29.0 Å². The molecule has 0 saturated heterocycles. The van der Waals surface area contributed by atoms with Crippen molar-refractivity contribution in [2.75, 3.05) is 20.8 Å². The van der Waals surface area contributed by atoms with Gasteiger partial charge in [-0.3, -0.25) is 9.59 Å². The van der Waals surface area contributed by atoms with Crippen LogP contribution >= 0.6 is 0 Å². The first kappa shape index (κ1) is 22.3. The maximum Gasteiger partial charge on any atom is 0.242 e. The number of rotatable bonds is 10. The zero-order valence-corrected chi connectivity index (χ0v) is 17.6. The number of nitrogens with one attached hydrogen (secondary N) is 1. The SMILES string of the molecule is CCCNC(=O)[C@H](C)N(Cc1ccc(OC)cc1)C(=O)Cc1ccc(OC)cc1. The Labute approximate surface area is 172 Å². The van der Waals surface area contributed by atoms with Gasteiger partial charge in [0, 0.05) is 13.1 Å². The predicted octanol–water partition coefficient (Wildman–Crippen LogP) is 3.19. The van der Waals surface area contributed by atoms with Gasteiger partial charge in [0.15, 0.2) is 0 Å². The van der Waals surface area contributed by atoms with Crippen LogP contribution in [0.4, 0.5) is 0 Å². The van der Waals surface area contributed by atoms with Crippen molar-refractivity contribution in [3.05, 3.63) is 59.7 Å². The molecule has 156 valence electrons. The highest BCUT2D eigenvalue weighted by atomic mass is 16.5. The minimum Gasteiger partial charge on any atom is -0.497 e. The summed E-state index contributed by atoms with van der Waals surface area (Å²) < 4.78 is 10.4. The van der Waals surface area contributed by atoms with Crippen LogP contribution in [-0.2, 0) is 22.6 Å². The van der Waals surface area contributed by atoms with E-state index in [1.807, 2.05) is 55.5 Å². The van der Waals surface area contributed by atoms with Gasteiger partial charge in [0.25, 0.3) is 0 Å². The van der Waals surface area contributed by atoms with Gasteiger partial charge in [-0.1, -0.05) is 31.2 Å². The van der Waals surface area contributed by atoms with E-state index in [9.17, 15) is 9.59 Å². The Hall–Kier alpha value is -3.02. The lowest BCUT2D eigenvalue weighted by Crippen LogP contribution is -2.48. The lowest BCUT2D eigenvalue weighted by atomic mass is 10.1. The van der Waals surface area contributed by atoms with Crippen LogP contribution in [0.3, 0.4) is 0 Å². The minimum absolute atomic E-state index is 0.106. The van der Waals surface area contributed by atoms with Crippen molar-refractivity contribution >= 4 is 11.8 Å². The van der Waals surface area contributed by atoms with Crippen LogP contribution < -0.4 is 14.8 Å². The molecule has 0 aliphatic heterocycles. The van der Waals surface area contributed by atoms with Gasteiger partial charge < -0.3 is 19.7 Å². The second-order valence-electron chi connectivity index (χ2n) is 6.86. The fourth-order valence-corrected chi connectivity index (χ4v) is 2.93. The molecule has 29 heavy (non-hydrogen) atoms. The van der Waals surface area contributed by atoms with E-state index in [-0.39, 0.29) is 18.2 Å². The van der Waals surface area contributed by atoms with E-state index in [0.29, 0.717) is 13.1 Å². The van der Waals surface area contributed by atoms with Gasteiger partial charge >= 0.3 is 0 Å². The van der Waals surface area contributed by atoms with E-state index in [1.54, 1.807) is 26.0 Å². The number of nitrogens with zero attached hydrogens (tertiary/aromatic N) is 1. The number of hydrogen-bond acceptors (Lipinski definition) is 4. The molecule has 0 aliphatic rings. The van der Waals surface area contributed by atoms with E-state index < -0.39 is 6.04 Å². The third-order valence-electron chi connectivity index (χ3n) is 4.74. The molecule has 0 spiro atoms. The Bertz CT molecular complexity index is 788. The molecule has 2 amide bonds. The summed E-state index contributed by atoms with van der Waals surface area (Å²) in [5, 5.41) is 2.88. The molecule has 0 fully saturated rings. The average Bonchev–Trinajstić information content (AvgIpc) is 2.76. The Morgan fingerprint density at radius 1 is 0.931 bits per heavy atom. The second kappa shape index (κ2) is 11.1. The molecule has 0 bridgehead atoms. The van der Waals surface area contributed by atoms with Crippen LogP contribution in [0.25, 0.3) is 0 Å². The summed E-state index contributed by atoms with van der Waals surface area (Å²) >= 11 is 0. The number of ether oxygens (including phenoxy) is 2. The summed E-state index contributed by atoms with van der Waals surface area (Å²) in [5.74, 6) is 1.23. The standard InChI is InChI=1S/C23H30N2O4/c1-5-14-24-23(27)17(2)25(16-19-8-12-21(29-4)13-9-19)22(26)15-18-6-10-20(28-3)11-7-18/h6-13,17H,5,14-16H2,1-4H3,(H,24,27)/t17-/m0/s1. The van der Waals surface area contributed by atoms with Crippen molar-refractivity contribution in [1.82, 2.24) is 10.2 Å². The van der Waals surface area contributed by atoms with Crippen molar-refractivity contribution in [3.8, 4) is 11.5 Å². The van der Waals surface area contributed by atoms with Crippen LogP contribution in [0.1, 0.15) is 31.4 Å². The lowest BCUT2D eigenvalue weighted by molar-refractivity contribution is -0.140. The fraction of sp³-hybridized carbons (Fsp3) is 0.391. The second-order valence-corrected chi connectivity index (χ2v) is 6.86. The predicted molar refractivity (Wildman–Crippen MR) is 113 cm³/mol. The lowest BCUT2D eigenvalue weighted by Gasteiger charge is -2.29. The Balaban J connectivity index is 2.18. The van der Waals surface area contributed by atoms with Gasteiger partial charge in [0.2, 0.25) is 11.8 Å². The summed E-state index contributed by atoms with van der Waals surface area (Å²) in [6.45, 7) is 4.70. The van der Waals surface area contributed by atoms with Crippen molar-refractivity contribution in [2.45, 2.75) is 39.3 Å². The van der Waals surface area contributed by atoms with Gasteiger partial charge in [0.05, 0.1) is 20.6 Å². The normalized spacial score (nSPS) is 11.4. The molecule has 6 heteroatoms. The van der Waals surface area contributed by atoms with Crippen molar-refractivity contribution in [2.24, 2.45) is 0 Å². The third-order valence-corrected chi connectivity index (χ3v) is 4.74. The average molecular weight is 399 g/mol. The number of carbonyl (C=O) groups excluding carboxylic acids is 2.